The summed E-state index contributed by atoms with van der Waals surface area (Å²) in [5.74, 6) is -1.25. The Morgan fingerprint density at radius 3 is 1.76 bits per heavy atom. The smallest absolute Gasteiger partial charge is 0.462 e. The third-order valence-corrected chi connectivity index (χ3v) is 9.91. The molecule has 0 spiro atoms. The van der Waals surface area contributed by atoms with E-state index in [2.05, 4.69) is 59.4 Å². The summed E-state index contributed by atoms with van der Waals surface area (Å²) >= 11 is 0. The fraction of sp³-hybridized carbons (Fsp3) is 0.714. The van der Waals surface area contributed by atoms with Crippen molar-refractivity contribution in [2.45, 2.75) is 167 Å². The topological polar surface area (TPSA) is 216 Å². The van der Waals surface area contributed by atoms with Gasteiger partial charge in [0, 0.05) is 12.8 Å². The van der Waals surface area contributed by atoms with Crippen LogP contribution in [-0.4, -0.2) is 81.6 Å². The number of allylic oxidation sites excluding steroid dienone is 9. The highest BCUT2D eigenvalue weighted by Gasteiger charge is 2.28. The summed E-state index contributed by atoms with van der Waals surface area (Å²) in [5.41, 5.74) is 0. The van der Waals surface area contributed by atoms with Crippen LogP contribution in [0.15, 0.2) is 60.8 Å². The second-order valence-corrected chi connectivity index (χ2v) is 16.8. The highest BCUT2D eigenvalue weighted by atomic mass is 31.2. The Morgan fingerprint density at radius 1 is 0.569 bits per heavy atom. The predicted molar refractivity (Wildman–Crippen MR) is 227 cm³/mol. The zero-order valence-electron chi connectivity index (χ0n) is 35.0. The molecule has 5 N–H and O–H groups in total. The zero-order chi connectivity index (χ0) is 43.2. The molecule has 336 valence electrons. The molecule has 0 aromatic carbocycles. The SMILES string of the molecule is CCCCC/C=C\C/C=C\C/C=C\C=C\[C@@H](O)CCCC(=O)OC[C@H](COP(=O)(O)OC[C@@H](O)COP(=O)(O)O)OC(=O)CCCCCCC/C=C\CCCCCC. The summed E-state index contributed by atoms with van der Waals surface area (Å²) in [6.45, 7) is 1.47. The summed E-state index contributed by atoms with van der Waals surface area (Å²) in [6.07, 6.45) is 35.3. The number of aliphatic hydroxyl groups excluding tert-OH is 2. The molecular weight excluding hydrogens is 790 g/mol. The highest BCUT2D eigenvalue weighted by molar-refractivity contribution is 7.47. The molecule has 0 aliphatic carbocycles. The summed E-state index contributed by atoms with van der Waals surface area (Å²) in [4.78, 5) is 52.6. The predicted octanol–water partition coefficient (Wildman–Crippen LogP) is 9.42. The van der Waals surface area contributed by atoms with Crippen molar-refractivity contribution in [1.29, 1.82) is 0 Å². The number of phosphoric acid groups is 2. The number of aliphatic hydroxyl groups is 2. The van der Waals surface area contributed by atoms with Crippen molar-refractivity contribution in [2.24, 2.45) is 0 Å². The second kappa shape index (κ2) is 37.8. The molecule has 1 unspecified atom stereocenters. The van der Waals surface area contributed by atoms with Gasteiger partial charge in [-0.3, -0.25) is 23.2 Å². The zero-order valence-corrected chi connectivity index (χ0v) is 36.8. The summed E-state index contributed by atoms with van der Waals surface area (Å²) in [5, 5.41) is 20.0. The van der Waals surface area contributed by atoms with Gasteiger partial charge in [-0.2, -0.15) is 0 Å². The van der Waals surface area contributed by atoms with E-state index in [9.17, 15) is 33.8 Å². The average Bonchev–Trinajstić information content (AvgIpc) is 3.17. The molecule has 0 amide bonds. The van der Waals surface area contributed by atoms with E-state index in [1.165, 1.54) is 44.9 Å². The molecule has 0 rings (SSSR count). The van der Waals surface area contributed by atoms with Gasteiger partial charge in [-0.1, -0.05) is 126 Å². The molecule has 0 aliphatic heterocycles. The molecule has 0 saturated carbocycles. The van der Waals surface area contributed by atoms with E-state index in [0.29, 0.717) is 19.3 Å². The molecule has 0 aromatic heterocycles. The number of unbranched alkanes of at least 4 members (excludes halogenated alkanes) is 12. The van der Waals surface area contributed by atoms with Gasteiger partial charge in [0.15, 0.2) is 6.10 Å². The summed E-state index contributed by atoms with van der Waals surface area (Å²) < 4.78 is 47.5. The first-order valence-electron chi connectivity index (χ1n) is 21.1. The van der Waals surface area contributed by atoms with Crippen LogP contribution in [0.4, 0.5) is 0 Å². The van der Waals surface area contributed by atoms with E-state index in [-0.39, 0.29) is 12.8 Å². The van der Waals surface area contributed by atoms with Gasteiger partial charge in [-0.15, -0.1) is 0 Å². The van der Waals surface area contributed by atoms with Crippen molar-refractivity contribution in [1.82, 2.24) is 0 Å². The van der Waals surface area contributed by atoms with Crippen molar-refractivity contribution >= 4 is 27.6 Å². The van der Waals surface area contributed by atoms with Crippen LogP contribution >= 0.6 is 15.6 Å². The van der Waals surface area contributed by atoms with Crippen molar-refractivity contribution in [3.63, 3.8) is 0 Å². The van der Waals surface area contributed by atoms with Crippen molar-refractivity contribution in [3.05, 3.63) is 60.8 Å². The molecule has 0 bridgehead atoms. The minimum absolute atomic E-state index is 0.0367. The molecule has 0 saturated heterocycles. The summed E-state index contributed by atoms with van der Waals surface area (Å²) in [7, 11) is -9.73. The molecule has 0 fully saturated rings. The number of phosphoric ester groups is 2. The lowest BCUT2D eigenvalue weighted by atomic mass is 10.1. The molecule has 16 heteroatoms. The molecule has 0 aromatic rings. The van der Waals surface area contributed by atoms with E-state index in [1.807, 2.05) is 12.2 Å². The van der Waals surface area contributed by atoms with Crippen LogP contribution in [0.1, 0.15) is 149 Å². The Bertz CT molecular complexity index is 1280. The minimum atomic E-state index is -4.88. The van der Waals surface area contributed by atoms with Crippen LogP contribution in [0, 0.1) is 0 Å². The van der Waals surface area contributed by atoms with Crippen LogP contribution in [0.3, 0.4) is 0 Å². The van der Waals surface area contributed by atoms with E-state index in [1.54, 1.807) is 12.2 Å². The Kier molecular flexibility index (Phi) is 36.3. The van der Waals surface area contributed by atoms with Crippen LogP contribution in [0.25, 0.3) is 0 Å². The van der Waals surface area contributed by atoms with Crippen molar-refractivity contribution in [3.8, 4) is 0 Å². The Labute approximate surface area is 347 Å². The maximum atomic E-state index is 12.6. The first kappa shape index (κ1) is 55.8. The number of hydrogen-bond acceptors (Lipinski definition) is 11. The fourth-order valence-electron chi connectivity index (χ4n) is 5.21. The normalized spacial score (nSPS) is 15.2. The van der Waals surface area contributed by atoms with E-state index in [0.717, 1.165) is 57.8 Å². The minimum Gasteiger partial charge on any atom is -0.462 e. The van der Waals surface area contributed by atoms with Crippen LogP contribution in [0.5, 0.6) is 0 Å². The second-order valence-electron chi connectivity index (χ2n) is 14.1. The largest absolute Gasteiger partial charge is 0.472 e. The third-order valence-electron chi connectivity index (χ3n) is 8.47. The maximum absolute atomic E-state index is 12.6. The van der Waals surface area contributed by atoms with Crippen LogP contribution in [0.2, 0.25) is 0 Å². The van der Waals surface area contributed by atoms with Gasteiger partial charge in [0.1, 0.15) is 12.7 Å². The number of hydrogen-bond donors (Lipinski definition) is 5. The number of carbonyl (C=O) groups is 2. The quantitative estimate of drug-likeness (QED) is 0.0128. The molecule has 0 radical (unpaired) electrons. The first-order valence-corrected chi connectivity index (χ1v) is 24.1. The fourth-order valence-corrected chi connectivity index (χ4v) is 6.36. The molecular formula is C42H74O14P2. The van der Waals surface area contributed by atoms with Gasteiger partial charge in [0.2, 0.25) is 0 Å². The number of carbonyl (C=O) groups excluding carboxylic acids is 2. The standard InChI is InChI=1S/C42H74O14P2/c1-3-5-7-9-11-13-15-17-19-21-23-25-27-30-38(43)31-29-33-41(45)52-36-40(37-55-58(50,51)54-35-39(44)34-53-57(47,48)49)56-42(46)32-28-26-24-22-20-18-16-14-12-10-8-6-4-2/h11,13-14,16-17,19,23,25,27,30,38-40,43-44H,3-10,12,15,18,20-22,24,26,28-29,31-37H2,1-2H3,(H,50,51)(H2,47,48,49)/b13-11-,16-14-,19-17-,25-23-,30-27+/t38-,39+,40-/m1/s1. The maximum Gasteiger partial charge on any atom is 0.472 e. The molecule has 14 nitrogen and oxygen atoms in total. The average molecular weight is 865 g/mol. The lowest BCUT2D eigenvalue weighted by Crippen LogP contribution is -2.30. The summed E-state index contributed by atoms with van der Waals surface area (Å²) in [6, 6.07) is 0. The third kappa shape index (κ3) is 40.6. The Balaban J connectivity index is 4.74. The molecule has 0 heterocycles. The monoisotopic (exact) mass is 864 g/mol. The van der Waals surface area contributed by atoms with Gasteiger partial charge >= 0.3 is 27.6 Å². The van der Waals surface area contributed by atoms with E-state index >= 15 is 0 Å². The van der Waals surface area contributed by atoms with Crippen LogP contribution in [-0.2, 0) is 41.8 Å². The molecule has 0 aliphatic rings. The van der Waals surface area contributed by atoms with Gasteiger partial charge < -0.3 is 34.4 Å². The molecule has 58 heavy (non-hydrogen) atoms. The molecule has 4 atom stereocenters. The number of rotatable bonds is 39. The highest BCUT2D eigenvalue weighted by Crippen LogP contribution is 2.43. The number of ether oxygens (including phenoxy) is 2. The van der Waals surface area contributed by atoms with Gasteiger partial charge in [-0.25, -0.2) is 9.13 Å². The first-order chi connectivity index (χ1) is 27.8. The number of esters is 2. The van der Waals surface area contributed by atoms with Gasteiger partial charge in [0.05, 0.1) is 25.9 Å². The van der Waals surface area contributed by atoms with E-state index < -0.39 is 72.3 Å². The Morgan fingerprint density at radius 2 is 1.09 bits per heavy atom. The van der Waals surface area contributed by atoms with Gasteiger partial charge in [0.25, 0.3) is 0 Å². The lowest BCUT2D eigenvalue weighted by molar-refractivity contribution is -0.161. The van der Waals surface area contributed by atoms with Crippen molar-refractivity contribution in [2.75, 3.05) is 26.4 Å². The van der Waals surface area contributed by atoms with Gasteiger partial charge in [-0.05, 0) is 70.6 Å². The van der Waals surface area contributed by atoms with Crippen molar-refractivity contribution < 1.29 is 66.7 Å². The lowest BCUT2D eigenvalue weighted by Gasteiger charge is -2.20. The van der Waals surface area contributed by atoms with Crippen LogP contribution < -0.4 is 0 Å². The Hall–Kier alpha value is -2.22. The van der Waals surface area contributed by atoms with E-state index in [4.69, 9.17) is 23.8 Å².